The van der Waals surface area contributed by atoms with Gasteiger partial charge in [0, 0.05) is 12.6 Å². The average Bonchev–Trinajstić information content (AvgIpc) is 3.17. The Balaban J connectivity index is 1.79. The van der Waals surface area contributed by atoms with Gasteiger partial charge in [0.15, 0.2) is 0 Å². The second-order valence-electron chi connectivity index (χ2n) is 6.16. The summed E-state index contributed by atoms with van der Waals surface area (Å²) in [7, 11) is -3.65. The molecule has 1 atom stereocenters. The topological polar surface area (TPSA) is 73.2 Å². The van der Waals surface area contributed by atoms with Crippen molar-refractivity contribution in [3.63, 3.8) is 0 Å². The van der Waals surface area contributed by atoms with Crippen molar-refractivity contribution >= 4 is 10.0 Å². The highest BCUT2D eigenvalue weighted by atomic mass is 32.2. The first-order chi connectivity index (χ1) is 12.1. The quantitative estimate of drug-likeness (QED) is 0.865. The maximum absolute atomic E-state index is 12.6. The van der Waals surface area contributed by atoms with Gasteiger partial charge < -0.3 is 0 Å². The number of nitrogens with one attached hydrogen (secondary N) is 1. The minimum atomic E-state index is -3.65. The third-order valence-corrected chi connectivity index (χ3v) is 5.93. The lowest BCUT2D eigenvalue weighted by Crippen LogP contribution is -2.36. The molecule has 6 heteroatoms. The Morgan fingerprint density at radius 1 is 1.08 bits per heavy atom. The predicted octanol–water partition coefficient (Wildman–Crippen LogP) is 2.67. The van der Waals surface area contributed by atoms with Crippen LogP contribution in [0, 0.1) is 11.3 Å². The summed E-state index contributed by atoms with van der Waals surface area (Å²) in [5.74, 6) is 0. The summed E-state index contributed by atoms with van der Waals surface area (Å²) >= 11 is 0. The summed E-state index contributed by atoms with van der Waals surface area (Å²) in [4.78, 5) is 2.45. The molecule has 1 fully saturated rings. The van der Waals surface area contributed by atoms with E-state index in [-0.39, 0.29) is 10.9 Å². The van der Waals surface area contributed by atoms with Crippen LogP contribution in [0.25, 0.3) is 0 Å². The number of rotatable bonds is 6. The van der Waals surface area contributed by atoms with Crippen molar-refractivity contribution in [3.05, 3.63) is 65.7 Å². The van der Waals surface area contributed by atoms with E-state index in [1.54, 1.807) is 12.1 Å². The zero-order valence-corrected chi connectivity index (χ0v) is 14.7. The fourth-order valence-corrected chi connectivity index (χ4v) is 4.27. The molecule has 0 bridgehead atoms. The lowest BCUT2D eigenvalue weighted by Gasteiger charge is -2.28. The molecule has 1 saturated heterocycles. The standard InChI is InChI=1S/C19H21N3O2S/c20-14-16-7-6-10-18(13-16)25(23,24)21-15-19(22-11-4-5-12-22)17-8-2-1-3-9-17/h1-3,6-10,13,19,21H,4-5,11-12,15H2/t19-/m0/s1. The second-order valence-corrected chi connectivity index (χ2v) is 7.93. The van der Waals surface area contributed by atoms with Gasteiger partial charge in [-0.1, -0.05) is 36.4 Å². The smallest absolute Gasteiger partial charge is 0.240 e. The third kappa shape index (κ3) is 4.26. The van der Waals surface area contributed by atoms with E-state index in [9.17, 15) is 8.42 Å². The van der Waals surface area contributed by atoms with Crippen LogP contribution in [-0.2, 0) is 10.0 Å². The number of nitrogens with zero attached hydrogens (tertiary/aromatic N) is 2. The van der Waals surface area contributed by atoms with E-state index in [0.29, 0.717) is 12.1 Å². The summed E-state index contributed by atoms with van der Waals surface area (Å²) in [5.41, 5.74) is 1.44. The number of sulfonamides is 1. The molecule has 1 heterocycles. The molecule has 130 valence electrons. The van der Waals surface area contributed by atoms with E-state index in [0.717, 1.165) is 31.5 Å². The maximum atomic E-state index is 12.6. The van der Waals surface area contributed by atoms with Gasteiger partial charge in [-0.25, -0.2) is 13.1 Å². The van der Waals surface area contributed by atoms with Crippen LogP contribution in [0.4, 0.5) is 0 Å². The molecule has 0 aliphatic carbocycles. The molecule has 1 N–H and O–H groups in total. The number of benzene rings is 2. The Morgan fingerprint density at radius 2 is 1.80 bits per heavy atom. The molecule has 0 aromatic heterocycles. The predicted molar refractivity (Wildman–Crippen MR) is 96.3 cm³/mol. The Bertz CT molecular complexity index is 854. The summed E-state index contributed by atoms with van der Waals surface area (Å²) in [6.07, 6.45) is 2.28. The number of nitriles is 1. The molecule has 1 aliphatic rings. The summed E-state index contributed by atoms with van der Waals surface area (Å²) in [5, 5.41) is 8.97. The van der Waals surface area contributed by atoms with Crippen LogP contribution in [0.5, 0.6) is 0 Å². The average molecular weight is 355 g/mol. The highest BCUT2D eigenvalue weighted by molar-refractivity contribution is 7.89. The minimum Gasteiger partial charge on any atom is -0.295 e. The fraction of sp³-hybridized carbons (Fsp3) is 0.316. The number of hydrogen-bond acceptors (Lipinski definition) is 4. The fourth-order valence-electron chi connectivity index (χ4n) is 3.19. The Hall–Kier alpha value is -2.20. The molecule has 0 unspecified atom stereocenters. The molecular weight excluding hydrogens is 334 g/mol. The number of hydrogen-bond donors (Lipinski definition) is 1. The van der Waals surface area contributed by atoms with Crippen molar-refractivity contribution in [2.24, 2.45) is 0 Å². The monoisotopic (exact) mass is 355 g/mol. The van der Waals surface area contributed by atoms with E-state index in [1.165, 1.54) is 12.1 Å². The zero-order chi connectivity index (χ0) is 17.7. The van der Waals surface area contributed by atoms with E-state index in [1.807, 2.05) is 36.4 Å². The van der Waals surface area contributed by atoms with Crippen LogP contribution >= 0.6 is 0 Å². The maximum Gasteiger partial charge on any atom is 0.240 e. The van der Waals surface area contributed by atoms with Gasteiger partial charge in [-0.2, -0.15) is 5.26 Å². The lowest BCUT2D eigenvalue weighted by atomic mass is 10.1. The van der Waals surface area contributed by atoms with Crippen LogP contribution in [0.1, 0.15) is 30.0 Å². The Labute approximate surface area is 149 Å². The Morgan fingerprint density at radius 3 is 2.48 bits per heavy atom. The first-order valence-corrected chi connectivity index (χ1v) is 9.87. The van der Waals surface area contributed by atoms with Crippen molar-refractivity contribution in [1.82, 2.24) is 9.62 Å². The molecule has 0 radical (unpaired) electrons. The normalized spacial score (nSPS) is 16.4. The van der Waals surface area contributed by atoms with Gasteiger partial charge >= 0.3 is 0 Å². The van der Waals surface area contributed by atoms with E-state index in [4.69, 9.17) is 5.26 Å². The number of likely N-dealkylation sites (tertiary alicyclic amines) is 1. The summed E-state index contributed by atoms with van der Waals surface area (Å²) < 4.78 is 27.9. The van der Waals surface area contributed by atoms with Crippen LogP contribution < -0.4 is 4.72 Å². The van der Waals surface area contributed by atoms with Gasteiger partial charge in [-0.15, -0.1) is 0 Å². The van der Waals surface area contributed by atoms with Crippen LogP contribution in [0.3, 0.4) is 0 Å². The molecule has 2 aromatic rings. The van der Waals surface area contributed by atoms with Crippen molar-refractivity contribution in [1.29, 1.82) is 5.26 Å². The second kappa shape index (κ2) is 7.79. The van der Waals surface area contributed by atoms with Crippen LogP contribution in [0.15, 0.2) is 59.5 Å². The first-order valence-electron chi connectivity index (χ1n) is 8.39. The first kappa shape index (κ1) is 17.6. The lowest BCUT2D eigenvalue weighted by molar-refractivity contribution is 0.246. The molecule has 1 aliphatic heterocycles. The minimum absolute atomic E-state index is 0.0117. The van der Waals surface area contributed by atoms with Crippen molar-refractivity contribution in [2.75, 3.05) is 19.6 Å². The Kier molecular flexibility index (Phi) is 5.49. The van der Waals surface area contributed by atoms with Gasteiger partial charge in [0.2, 0.25) is 10.0 Å². The highest BCUT2D eigenvalue weighted by Gasteiger charge is 2.25. The molecule has 25 heavy (non-hydrogen) atoms. The molecule has 2 aromatic carbocycles. The highest BCUT2D eigenvalue weighted by Crippen LogP contribution is 2.25. The molecule has 0 saturated carbocycles. The van der Waals surface area contributed by atoms with Gasteiger partial charge in [0.25, 0.3) is 0 Å². The van der Waals surface area contributed by atoms with E-state index in [2.05, 4.69) is 9.62 Å². The van der Waals surface area contributed by atoms with Gasteiger partial charge in [0.1, 0.15) is 0 Å². The molecule has 3 rings (SSSR count). The van der Waals surface area contributed by atoms with E-state index < -0.39 is 10.0 Å². The van der Waals surface area contributed by atoms with Crippen LogP contribution in [0.2, 0.25) is 0 Å². The van der Waals surface area contributed by atoms with Gasteiger partial charge in [-0.3, -0.25) is 4.90 Å². The largest absolute Gasteiger partial charge is 0.295 e. The van der Waals surface area contributed by atoms with Gasteiger partial charge in [-0.05, 0) is 49.7 Å². The van der Waals surface area contributed by atoms with Crippen molar-refractivity contribution in [3.8, 4) is 6.07 Å². The molecular formula is C19H21N3O2S. The summed E-state index contributed by atoms with van der Waals surface area (Å²) in [6.45, 7) is 2.26. The third-order valence-electron chi connectivity index (χ3n) is 4.51. The molecule has 5 nitrogen and oxygen atoms in total. The van der Waals surface area contributed by atoms with Crippen molar-refractivity contribution < 1.29 is 8.42 Å². The SMILES string of the molecule is N#Cc1cccc(S(=O)(=O)NC[C@@H](c2ccccc2)N2CCCC2)c1. The zero-order valence-electron chi connectivity index (χ0n) is 13.9. The van der Waals surface area contributed by atoms with Gasteiger partial charge in [0.05, 0.1) is 16.5 Å². The van der Waals surface area contributed by atoms with Crippen LogP contribution in [-0.4, -0.2) is 33.0 Å². The molecule has 0 spiro atoms. The van der Waals surface area contributed by atoms with E-state index >= 15 is 0 Å². The summed E-state index contributed by atoms with van der Waals surface area (Å²) in [6, 6.07) is 18.1. The molecule has 0 amide bonds. The van der Waals surface area contributed by atoms with Crippen molar-refractivity contribution in [2.45, 2.75) is 23.8 Å².